The Morgan fingerprint density at radius 2 is 2.06 bits per heavy atom. The molecule has 0 aliphatic rings. The van der Waals surface area contributed by atoms with Gasteiger partial charge in [0.1, 0.15) is 6.04 Å². The summed E-state index contributed by atoms with van der Waals surface area (Å²) >= 11 is 0. The molecule has 96 valence electrons. The summed E-state index contributed by atoms with van der Waals surface area (Å²) < 4.78 is 6.68. The van der Waals surface area contributed by atoms with E-state index in [0.29, 0.717) is 0 Å². The number of aryl methyl sites for hydroxylation is 1. The summed E-state index contributed by atoms with van der Waals surface area (Å²) in [7, 11) is 1.43. The van der Waals surface area contributed by atoms with Crippen LogP contribution in [0.5, 0.6) is 0 Å². The third-order valence-electron chi connectivity index (χ3n) is 3.29. The zero-order valence-corrected chi connectivity index (χ0v) is 11.4. The van der Waals surface area contributed by atoms with E-state index in [9.17, 15) is 4.79 Å². The molecule has 0 N–H and O–H groups in total. The van der Waals surface area contributed by atoms with Gasteiger partial charge in [-0.3, -0.25) is 4.68 Å². The Labute approximate surface area is 103 Å². The average molecular weight is 238 g/mol. The molecule has 0 aliphatic carbocycles. The van der Waals surface area contributed by atoms with Crippen molar-refractivity contribution in [1.29, 1.82) is 0 Å². The number of aromatic nitrogens is 2. The van der Waals surface area contributed by atoms with Crippen molar-refractivity contribution in [3.8, 4) is 0 Å². The molecule has 0 spiro atoms. The van der Waals surface area contributed by atoms with E-state index < -0.39 is 0 Å². The lowest BCUT2D eigenvalue weighted by atomic mass is 10.1. The third kappa shape index (κ3) is 2.87. The molecule has 1 unspecified atom stereocenters. The summed E-state index contributed by atoms with van der Waals surface area (Å²) in [4.78, 5) is 11.8. The van der Waals surface area contributed by atoms with Gasteiger partial charge in [0.05, 0.1) is 12.8 Å². The Kier molecular flexibility index (Phi) is 4.73. The molecule has 0 aromatic carbocycles. The molecule has 0 bridgehead atoms. The van der Waals surface area contributed by atoms with Crippen molar-refractivity contribution in [2.45, 2.75) is 53.0 Å². The lowest BCUT2D eigenvalue weighted by Crippen LogP contribution is -2.23. The molecule has 0 fully saturated rings. The second-order valence-electron chi connectivity index (χ2n) is 4.42. The van der Waals surface area contributed by atoms with Gasteiger partial charge in [0, 0.05) is 5.69 Å². The van der Waals surface area contributed by atoms with Crippen molar-refractivity contribution in [3.63, 3.8) is 0 Å². The van der Waals surface area contributed by atoms with Crippen molar-refractivity contribution in [1.82, 2.24) is 9.78 Å². The molecule has 1 atom stereocenters. The molecule has 17 heavy (non-hydrogen) atoms. The first-order chi connectivity index (χ1) is 8.02. The van der Waals surface area contributed by atoms with E-state index in [1.54, 1.807) is 0 Å². The number of unbranched alkanes of at least 4 members (excludes halogenated alkanes) is 1. The second kappa shape index (κ2) is 5.84. The summed E-state index contributed by atoms with van der Waals surface area (Å²) in [6.45, 7) is 8.10. The lowest BCUT2D eigenvalue weighted by Gasteiger charge is -2.16. The van der Waals surface area contributed by atoms with Crippen LogP contribution in [0.15, 0.2) is 0 Å². The van der Waals surface area contributed by atoms with Gasteiger partial charge in [0.25, 0.3) is 0 Å². The summed E-state index contributed by atoms with van der Waals surface area (Å²) in [6.07, 6.45) is 2.84. The van der Waals surface area contributed by atoms with E-state index in [4.69, 9.17) is 4.74 Å². The minimum absolute atomic E-state index is 0.205. The Balaban J connectivity index is 3.03. The van der Waals surface area contributed by atoms with Crippen molar-refractivity contribution in [3.05, 3.63) is 17.0 Å². The van der Waals surface area contributed by atoms with Crippen LogP contribution in [-0.4, -0.2) is 22.9 Å². The minimum atomic E-state index is -0.285. The standard InChI is InChI=1S/C13H22N2O2/c1-6-7-8-12(13(16)17-5)15-11(4)9(2)10(3)14-15/h12H,6-8H2,1-5H3. The van der Waals surface area contributed by atoms with Gasteiger partial charge < -0.3 is 4.74 Å². The summed E-state index contributed by atoms with van der Waals surface area (Å²) in [5.74, 6) is -0.205. The number of carbonyl (C=O) groups excluding carboxylic acids is 1. The van der Waals surface area contributed by atoms with Crippen LogP contribution in [0.4, 0.5) is 0 Å². The van der Waals surface area contributed by atoms with E-state index in [1.807, 2.05) is 25.5 Å². The zero-order chi connectivity index (χ0) is 13.0. The predicted molar refractivity (Wildman–Crippen MR) is 67.0 cm³/mol. The molecular weight excluding hydrogens is 216 g/mol. The first-order valence-electron chi connectivity index (χ1n) is 6.13. The first-order valence-corrected chi connectivity index (χ1v) is 6.13. The van der Waals surface area contributed by atoms with Gasteiger partial charge in [-0.1, -0.05) is 19.8 Å². The average Bonchev–Trinajstić information content (AvgIpc) is 2.57. The fourth-order valence-electron chi connectivity index (χ4n) is 1.92. The number of ether oxygens (including phenoxy) is 1. The highest BCUT2D eigenvalue weighted by Gasteiger charge is 2.24. The molecular formula is C13H22N2O2. The Morgan fingerprint density at radius 3 is 2.47 bits per heavy atom. The van der Waals surface area contributed by atoms with Crippen molar-refractivity contribution in [2.75, 3.05) is 7.11 Å². The number of hydrogen-bond donors (Lipinski definition) is 0. The quantitative estimate of drug-likeness (QED) is 0.741. The van der Waals surface area contributed by atoms with Crippen LogP contribution in [0.25, 0.3) is 0 Å². The first kappa shape index (κ1) is 13.7. The monoisotopic (exact) mass is 238 g/mol. The molecule has 0 saturated heterocycles. The Hall–Kier alpha value is -1.32. The number of esters is 1. The SMILES string of the molecule is CCCCC(C(=O)OC)n1nc(C)c(C)c1C. The van der Waals surface area contributed by atoms with Crippen LogP contribution < -0.4 is 0 Å². The summed E-state index contributed by atoms with van der Waals surface area (Å²) in [5, 5.41) is 4.45. The van der Waals surface area contributed by atoms with E-state index in [1.165, 1.54) is 7.11 Å². The van der Waals surface area contributed by atoms with Gasteiger partial charge in [-0.25, -0.2) is 4.79 Å². The molecule has 1 heterocycles. The van der Waals surface area contributed by atoms with Gasteiger partial charge >= 0.3 is 5.97 Å². The fourth-order valence-corrected chi connectivity index (χ4v) is 1.92. The summed E-state index contributed by atoms with van der Waals surface area (Å²) in [5.41, 5.74) is 3.18. The second-order valence-corrected chi connectivity index (χ2v) is 4.42. The van der Waals surface area contributed by atoms with E-state index in [2.05, 4.69) is 12.0 Å². The molecule has 0 amide bonds. The largest absolute Gasteiger partial charge is 0.467 e. The minimum Gasteiger partial charge on any atom is -0.467 e. The third-order valence-corrected chi connectivity index (χ3v) is 3.29. The maximum Gasteiger partial charge on any atom is 0.330 e. The van der Waals surface area contributed by atoms with Gasteiger partial charge in [0.2, 0.25) is 0 Å². The molecule has 4 nitrogen and oxygen atoms in total. The van der Waals surface area contributed by atoms with Crippen molar-refractivity contribution in [2.24, 2.45) is 0 Å². The van der Waals surface area contributed by atoms with Gasteiger partial charge in [0.15, 0.2) is 0 Å². The number of nitrogens with zero attached hydrogens (tertiary/aromatic N) is 2. The molecule has 1 rings (SSSR count). The van der Waals surface area contributed by atoms with Gasteiger partial charge in [-0.05, 0) is 32.8 Å². The maximum atomic E-state index is 11.8. The van der Waals surface area contributed by atoms with Crippen LogP contribution in [0, 0.1) is 20.8 Å². The van der Waals surface area contributed by atoms with Crippen LogP contribution in [-0.2, 0) is 9.53 Å². The molecule has 0 aliphatic heterocycles. The van der Waals surface area contributed by atoms with Crippen LogP contribution >= 0.6 is 0 Å². The molecule has 1 aromatic rings. The van der Waals surface area contributed by atoms with Crippen molar-refractivity contribution >= 4 is 5.97 Å². The maximum absolute atomic E-state index is 11.8. The van der Waals surface area contributed by atoms with Crippen molar-refractivity contribution < 1.29 is 9.53 Å². The number of carbonyl (C=O) groups is 1. The smallest absolute Gasteiger partial charge is 0.330 e. The predicted octanol–water partition coefficient (Wildman–Crippen LogP) is 2.71. The Morgan fingerprint density at radius 1 is 1.41 bits per heavy atom. The van der Waals surface area contributed by atoms with Crippen LogP contribution in [0.2, 0.25) is 0 Å². The van der Waals surface area contributed by atoms with E-state index in [0.717, 1.165) is 36.2 Å². The van der Waals surface area contributed by atoms with Crippen LogP contribution in [0.1, 0.15) is 49.2 Å². The highest BCUT2D eigenvalue weighted by Crippen LogP contribution is 2.21. The van der Waals surface area contributed by atoms with E-state index in [-0.39, 0.29) is 12.0 Å². The highest BCUT2D eigenvalue weighted by molar-refractivity contribution is 5.74. The number of methoxy groups -OCH3 is 1. The molecule has 0 saturated carbocycles. The topological polar surface area (TPSA) is 44.1 Å². The molecule has 0 radical (unpaired) electrons. The zero-order valence-electron chi connectivity index (χ0n) is 11.4. The molecule has 4 heteroatoms. The Bertz CT molecular complexity index is 396. The number of rotatable bonds is 5. The number of hydrogen-bond acceptors (Lipinski definition) is 3. The normalized spacial score (nSPS) is 12.5. The van der Waals surface area contributed by atoms with Crippen LogP contribution in [0.3, 0.4) is 0 Å². The van der Waals surface area contributed by atoms with Gasteiger partial charge in [-0.15, -0.1) is 0 Å². The summed E-state index contributed by atoms with van der Waals surface area (Å²) in [6, 6.07) is -0.285. The van der Waals surface area contributed by atoms with Gasteiger partial charge in [-0.2, -0.15) is 5.10 Å². The lowest BCUT2D eigenvalue weighted by molar-refractivity contribution is -0.145. The highest BCUT2D eigenvalue weighted by atomic mass is 16.5. The van der Waals surface area contributed by atoms with E-state index >= 15 is 0 Å². The fraction of sp³-hybridized carbons (Fsp3) is 0.692. The molecule has 1 aromatic heterocycles.